The normalized spacial score (nSPS) is 11.8. The number of nitrogens with one attached hydrogen (secondary N) is 2. The molecule has 8 bridgehead atoms. The predicted molar refractivity (Wildman–Crippen MR) is 481 cm³/mol. The van der Waals surface area contributed by atoms with Crippen molar-refractivity contribution in [3.05, 3.63) is 193 Å². The lowest BCUT2D eigenvalue weighted by molar-refractivity contribution is 0.304. The number of nitrogens with zero attached hydrogens (tertiary/aromatic N) is 2. The quantitative estimate of drug-likeness (QED) is 0.0369. The van der Waals surface area contributed by atoms with E-state index in [-0.39, 0.29) is 0 Å². The summed E-state index contributed by atoms with van der Waals surface area (Å²) in [6.07, 6.45) is 60.8. The predicted octanol–water partition coefficient (Wildman–Crippen LogP) is 31.9. The Labute approximate surface area is 674 Å². The van der Waals surface area contributed by atoms with Crippen molar-refractivity contribution in [3.8, 4) is 89.8 Å². The van der Waals surface area contributed by atoms with Gasteiger partial charge in [0.1, 0.15) is 23.0 Å². The van der Waals surface area contributed by atoms with E-state index in [2.05, 4.69) is 232 Å². The Morgan fingerprint density at radius 3 is 0.732 bits per heavy atom. The molecule has 594 valence electrons. The van der Waals surface area contributed by atoms with Gasteiger partial charge in [-0.2, -0.15) is 0 Å². The standard InChI is InChI=1S/C104H134N4O4/c1-5-9-13-17-21-25-29-33-37-41-73-109-91-59-45-81(46-60-91)95-67-53-85(77-97(95)83-49-63-93(64-50-83)111-75-43-39-35-31-27-23-19-15-11-7-3)103-99-69-55-87(105-99)79-89-57-71-101(107-89)104(102-72-58-90(108-102)80-88-56-70-100(103)106-88)86-54-68-96(82-47-61-92(62-48-82)110-74-42-38-34-30-26-22-18-14-10-6-2)98(78-86)84-51-65-94(66-52-84)112-76-44-40-36-32-28-24-20-16-12-8-4/h45-72,77-80,105,108H,5-44,73-76H2,1-4H3. The molecule has 2 aliphatic rings. The fourth-order valence-corrected chi connectivity index (χ4v) is 16.1. The molecule has 5 heterocycles. The van der Waals surface area contributed by atoms with E-state index in [1.165, 1.54) is 231 Å². The van der Waals surface area contributed by atoms with Crippen LogP contribution in [0.15, 0.2) is 170 Å². The summed E-state index contributed by atoms with van der Waals surface area (Å²) in [6, 6.07) is 61.8. The van der Waals surface area contributed by atoms with E-state index in [1.54, 1.807) is 0 Å². The summed E-state index contributed by atoms with van der Waals surface area (Å²) in [4.78, 5) is 18.6. The monoisotopic (exact) mass is 1500 g/mol. The third kappa shape index (κ3) is 27.2. The van der Waals surface area contributed by atoms with Crippen LogP contribution in [0.4, 0.5) is 0 Å². The van der Waals surface area contributed by atoms with Gasteiger partial charge in [0.15, 0.2) is 0 Å². The Morgan fingerprint density at radius 2 is 0.464 bits per heavy atom. The summed E-state index contributed by atoms with van der Waals surface area (Å²) in [5, 5.41) is 0. The zero-order valence-electron chi connectivity index (χ0n) is 69.1. The van der Waals surface area contributed by atoms with Gasteiger partial charge in [-0.25, -0.2) is 9.97 Å². The second-order valence-electron chi connectivity index (χ2n) is 31.9. The van der Waals surface area contributed by atoms with Crippen molar-refractivity contribution in [1.29, 1.82) is 0 Å². The van der Waals surface area contributed by atoms with Gasteiger partial charge in [0, 0.05) is 33.2 Å². The number of fused-ring (bicyclic) bond motifs is 8. The van der Waals surface area contributed by atoms with Crippen LogP contribution in [0.3, 0.4) is 0 Å². The summed E-state index contributed by atoms with van der Waals surface area (Å²) >= 11 is 0. The summed E-state index contributed by atoms with van der Waals surface area (Å²) in [5.74, 6) is 3.63. The average molecular weight is 1500 g/mol. The van der Waals surface area contributed by atoms with Gasteiger partial charge >= 0.3 is 0 Å². The lowest BCUT2D eigenvalue weighted by Crippen LogP contribution is -1.98. The minimum absolute atomic E-state index is 0.728. The van der Waals surface area contributed by atoms with Gasteiger partial charge in [-0.05, 0) is 203 Å². The van der Waals surface area contributed by atoms with Gasteiger partial charge in [-0.1, -0.05) is 332 Å². The van der Waals surface area contributed by atoms with Crippen molar-refractivity contribution < 1.29 is 18.9 Å². The maximum absolute atomic E-state index is 6.41. The molecular formula is C104H134N4O4. The van der Waals surface area contributed by atoms with E-state index in [0.717, 1.165) is 187 Å². The van der Waals surface area contributed by atoms with Crippen LogP contribution in [0.1, 0.15) is 307 Å². The molecule has 9 aromatic rings. The Bertz CT molecular complexity index is 4140. The molecule has 0 saturated carbocycles. The molecule has 8 nitrogen and oxygen atoms in total. The fourth-order valence-electron chi connectivity index (χ4n) is 16.1. The van der Waals surface area contributed by atoms with Crippen LogP contribution in [0, 0.1) is 0 Å². The van der Waals surface area contributed by atoms with E-state index in [0.29, 0.717) is 0 Å². The Hall–Kier alpha value is -8.88. The highest BCUT2D eigenvalue weighted by Crippen LogP contribution is 2.42. The molecule has 0 spiro atoms. The number of rotatable bonds is 54. The molecule has 2 N–H and O–H groups in total. The maximum Gasteiger partial charge on any atom is 0.119 e. The molecule has 112 heavy (non-hydrogen) atoms. The van der Waals surface area contributed by atoms with E-state index in [1.807, 2.05) is 0 Å². The smallest absolute Gasteiger partial charge is 0.119 e. The summed E-state index contributed by atoms with van der Waals surface area (Å²) in [5.41, 5.74) is 20.5. The van der Waals surface area contributed by atoms with Gasteiger partial charge in [0.2, 0.25) is 0 Å². The molecule has 2 aliphatic heterocycles. The van der Waals surface area contributed by atoms with Crippen LogP contribution in [-0.4, -0.2) is 46.4 Å². The van der Waals surface area contributed by atoms with E-state index in [4.69, 9.17) is 28.9 Å². The molecule has 3 aromatic heterocycles. The van der Waals surface area contributed by atoms with Crippen molar-refractivity contribution in [2.75, 3.05) is 26.4 Å². The number of aromatic amines is 2. The summed E-state index contributed by atoms with van der Waals surface area (Å²) < 4.78 is 25.6. The summed E-state index contributed by atoms with van der Waals surface area (Å²) in [7, 11) is 0. The van der Waals surface area contributed by atoms with Gasteiger partial charge < -0.3 is 28.9 Å². The third-order valence-corrected chi connectivity index (χ3v) is 22.7. The van der Waals surface area contributed by atoms with Crippen molar-refractivity contribution in [1.82, 2.24) is 19.9 Å². The van der Waals surface area contributed by atoms with Crippen LogP contribution >= 0.6 is 0 Å². The minimum Gasteiger partial charge on any atom is -0.494 e. The molecule has 0 fully saturated rings. The molecule has 0 aliphatic carbocycles. The zero-order valence-corrected chi connectivity index (χ0v) is 69.1. The van der Waals surface area contributed by atoms with E-state index >= 15 is 0 Å². The highest BCUT2D eigenvalue weighted by molar-refractivity contribution is 5.97. The second kappa shape index (κ2) is 48.2. The molecule has 0 radical (unpaired) electrons. The molecule has 6 aromatic carbocycles. The highest BCUT2D eigenvalue weighted by atomic mass is 16.5. The van der Waals surface area contributed by atoms with Crippen LogP contribution in [0.2, 0.25) is 0 Å². The third-order valence-electron chi connectivity index (χ3n) is 22.7. The first-order valence-electron chi connectivity index (χ1n) is 44.8. The number of unbranched alkanes of at least 4 members (excludes halogenated alkanes) is 36. The molecule has 11 rings (SSSR count). The second-order valence-corrected chi connectivity index (χ2v) is 31.9. The van der Waals surface area contributed by atoms with Crippen molar-refractivity contribution in [2.45, 2.75) is 285 Å². The minimum atomic E-state index is 0.728. The zero-order chi connectivity index (χ0) is 77.3. The Morgan fingerprint density at radius 1 is 0.223 bits per heavy atom. The first-order chi connectivity index (χ1) is 55.4. The number of ether oxygens (including phenoxy) is 4. The van der Waals surface area contributed by atoms with Gasteiger partial charge in [0.25, 0.3) is 0 Å². The molecular weight excluding hydrogens is 1370 g/mol. The average Bonchev–Trinajstić information content (AvgIpc) is 1.50. The SMILES string of the molecule is CCCCCCCCCCCCOc1ccc(-c2ccc(-c3c4nc(cc5ccc([nH]5)c(-c5ccc(-c6ccc(OCCCCCCCCCCCC)cc6)c(-c6ccc(OCCCCCCCCCCCC)cc6)c5)c5nc(cc6ccc3[nH]6)C=C5)C=C4)cc2-c2ccc(OCCCCCCCCCCCC)cc2)cc1. The number of hydrogen-bond donors (Lipinski definition) is 2. The highest BCUT2D eigenvalue weighted by Gasteiger charge is 2.20. The Balaban J connectivity index is 0.865. The van der Waals surface area contributed by atoms with Crippen molar-refractivity contribution in [3.63, 3.8) is 0 Å². The van der Waals surface area contributed by atoms with Crippen LogP contribution in [0.25, 0.3) is 113 Å². The molecule has 0 atom stereocenters. The lowest BCUT2D eigenvalue weighted by Gasteiger charge is -2.15. The fraction of sp³-hybridized carbons (Fsp3) is 0.462. The molecule has 0 amide bonds. The first kappa shape index (κ1) is 84.0. The van der Waals surface area contributed by atoms with Gasteiger partial charge in [-0.3, -0.25) is 0 Å². The first-order valence-corrected chi connectivity index (χ1v) is 44.8. The molecule has 0 unspecified atom stereocenters. The lowest BCUT2D eigenvalue weighted by atomic mass is 9.90. The summed E-state index contributed by atoms with van der Waals surface area (Å²) in [6.45, 7) is 12.1. The largest absolute Gasteiger partial charge is 0.494 e. The number of aromatic nitrogens is 4. The number of benzene rings is 6. The van der Waals surface area contributed by atoms with Gasteiger partial charge in [0.05, 0.1) is 49.2 Å². The van der Waals surface area contributed by atoms with Crippen LogP contribution in [-0.2, 0) is 0 Å². The topological polar surface area (TPSA) is 94.3 Å². The number of hydrogen-bond acceptors (Lipinski definition) is 6. The molecule has 8 heteroatoms. The maximum atomic E-state index is 6.41. The van der Waals surface area contributed by atoms with Crippen molar-refractivity contribution >= 4 is 46.4 Å². The van der Waals surface area contributed by atoms with Crippen molar-refractivity contribution in [2.24, 2.45) is 0 Å². The van der Waals surface area contributed by atoms with E-state index in [9.17, 15) is 0 Å². The van der Waals surface area contributed by atoms with Gasteiger partial charge in [-0.15, -0.1) is 0 Å². The molecule has 0 saturated heterocycles. The Kier molecular flexibility index (Phi) is 36.2. The van der Waals surface area contributed by atoms with E-state index < -0.39 is 0 Å². The number of H-pyrrole nitrogens is 2. The van der Waals surface area contributed by atoms with Crippen LogP contribution < -0.4 is 18.9 Å². The van der Waals surface area contributed by atoms with Crippen LogP contribution in [0.5, 0.6) is 23.0 Å².